The van der Waals surface area contributed by atoms with Gasteiger partial charge in [-0.15, -0.1) is 0 Å². The number of hydrazine groups is 1. The van der Waals surface area contributed by atoms with Crippen molar-refractivity contribution in [3.05, 3.63) is 81.8 Å². The molecule has 0 unspecified atom stereocenters. The van der Waals surface area contributed by atoms with E-state index in [0.29, 0.717) is 5.56 Å². The van der Waals surface area contributed by atoms with Crippen LogP contribution in [-0.4, -0.2) is 17.3 Å². The normalized spacial score (nSPS) is 15.0. The molecule has 1 amide bonds. The van der Waals surface area contributed by atoms with E-state index < -0.39 is 0 Å². The van der Waals surface area contributed by atoms with E-state index >= 15 is 0 Å². The van der Waals surface area contributed by atoms with Crippen molar-refractivity contribution >= 4 is 38.4 Å². The van der Waals surface area contributed by atoms with Crippen LogP contribution in [0, 0.1) is 0 Å². The fourth-order valence-electron chi connectivity index (χ4n) is 3.54. The highest BCUT2D eigenvalue weighted by Crippen LogP contribution is 2.26. The number of halogens is 1. The van der Waals surface area contributed by atoms with Crippen molar-refractivity contribution in [2.24, 2.45) is 0 Å². The molecular weight excluding hydrogens is 402 g/mol. The second kappa shape index (κ2) is 6.82. The first-order valence-electron chi connectivity index (χ1n) is 8.91. The number of nitrogens with one attached hydrogen (secondary N) is 3. The molecule has 0 aromatic heterocycles. The number of hydrogen-bond acceptors (Lipinski definition) is 2. The van der Waals surface area contributed by atoms with Crippen molar-refractivity contribution in [1.82, 2.24) is 10.9 Å². The summed E-state index contributed by atoms with van der Waals surface area (Å²) in [5, 5.41) is 2.48. The maximum atomic E-state index is 12.5. The van der Waals surface area contributed by atoms with Crippen molar-refractivity contribution in [2.45, 2.75) is 25.8 Å². The van der Waals surface area contributed by atoms with Crippen LogP contribution in [0.25, 0.3) is 10.8 Å². The molecule has 0 fully saturated rings. The molecule has 3 aromatic rings. The average molecular weight is 423 g/mol. The zero-order chi connectivity index (χ0) is 19.0. The lowest BCUT2D eigenvalue weighted by Crippen LogP contribution is -2.90. The van der Waals surface area contributed by atoms with Crippen LogP contribution in [0.4, 0.5) is 0 Å². The van der Waals surface area contributed by atoms with Gasteiger partial charge < -0.3 is 0 Å². The summed E-state index contributed by atoms with van der Waals surface area (Å²) in [5.74, 6) is 0.639. The fraction of sp³-hybridized carbons (Fsp3) is 0.182. The van der Waals surface area contributed by atoms with E-state index in [0.717, 1.165) is 22.3 Å². The Balaban J connectivity index is 1.64. The smallest absolute Gasteiger partial charge is 0.267 e. The molecule has 27 heavy (non-hydrogen) atoms. The molecule has 0 saturated carbocycles. The summed E-state index contributed by atoms with van der Waals surface area (Å²) in [6, 6.07) is 19.9. The van der Waals surface area contributed by atoms with E-state index in [1.54, 1.807) is 12.1 Å². The molecule has 1 heterocycles. The number of carbonyl (C=O) groups is 1. The molecule has 1 aliphatic rings. The van der Waals surface area contributed by atoms with Gasteiger partial charge in [-0.1, -0.05) is 46.3 Å². The number of benzene rings is 3. The van der Waals surface area contributed by atoms with Gasteiger partial charge in [-0.25, -0.2) is 0 Å². The van der Waals surface area contributed by atoms with E-state index in [-0.39, 0.29) is 11.4 Å². The summed E-state index contributed by atoms with van der Waals surface area (Å²) in [4.78, 5) is 16.0. The highest BCUT2D eigenvalue weighted by atomic mass is 79.9. The molecule has 3 N–H and O–H groups in total. The van der Waals surface area contributed by atoms with Gasteiger partial charge in [-0.05, 0) is 60.5 Å². The topological polar surface area (TPSA) is 55.1 Å². The number of rotatable bonds is 1. The van der Waals surface area contributed by atoms with Gasteiger partial charge in [0.1, 0.15) is 5.54 Å². The molecule has 1 aliphatic heterocycles. The minimum atomic E-state index is -0.178. The predicted octanol–water partition coefficient (Wildman–Crippen LogP) is 2.70. The van der Waals surface area contributed by atoms with Gasteiger partial charge in [-0.3, -0.25) is 9.79 Å². The lowest BCUT2D eigenvalue weighted by Gasteiger charge is -2.26. The number of amidine groups is 1. The monoisotopic (exact) mass is 422 g/mol. The second-order valence-electron chi connectivity index (χ2n) is 7.46. The van der Waals surface area contributed by atoms with Gasteiger partial charge in [0.05, 0.1) is 5.56 Å². The van der Waals surface area contributed by atoms with Crippen LogP contribution in [0.2, 0.25) is 0 Å². The van der Waals surface area contributed by atoms with Gasteiger partial charge in [0, 0.05) is 16.5 Å². The zero-order valence-electron chi connectivity index (χ0n) is 15.3. The molecule has 0 saturated heterocycles. The summed E-state index contributed by atoms with van der Waals surface area (Å²) in [6.07, 6.45) is 0.912. The third kappa shape index (κ3) is 3.60. The van der Waals surface area contributed by atoms with Crippen LogP contribution >= 0.6 is 15.9 Å². The molecule has 0 atom stereocenters. The molecule has 4 rings (SSSR count). The number of amides is 1. The fourth-order valence-corrected chi connectivity index (χ4v) is 3.81. The number of hydrogen-bond donors (Lipinski definition) is 3. The van der Waals surface area contributed by atoms with Gasteiger partial charge >= 0.3 is 0 Å². The van der Waals surface area contributed by atoms with Crippen molar-refractivity contribution < 1.29 is 9.79 Å². The van der Waals surface area contributed by atoms with Crippen molar-refractivity contribution in [3.63, 3.8) is 0 Å². The third-order valence-electron chi connectivity index (χ3n) is 4.80. The van der Waals surface area contributed by atoms with Crippen LogP contribution in [-0.2, 0) is 6.42 Å². The van der Waals surface area contributed by atoms with E-state index in [1.165, 1.54) is 16.3 Å². The van der Waals surface area contributed by atoms with Crippen molar-refractivity contribution in [3.8, 4) is 0 Å². The highest BCUT2D eigenvalue weighted by molar-refractivity contribution is 9.10. The molecule has 0 aliphatic carbocycles. The first kappa shape index (κ1) is 17.7. The van der Waals surface area contributed by atoms with Gasteiger partial charge in [0.15, 0.2) is 0 Å². The predicted molar refractivity (Wildman–Crippen MR) is 112 cm³/mol. The summed E-state index contributed by atoms with van der Waals surface area (Å²) in [6.45, 7) is 4.33. The first-order valence-corrected chi connectivity index (χ1v) is 9.70. The van der Waals surface area contributed by atoms with Crippen LogP contribution in [0.1, 0.15) is 35.3 Å². The second-order valence-corrected chi connectivity index (χ2v) is 8.38. The standard InChI is InChI=1S/C22H20BrN3O/c1-22(2)13-19-17-6-4-3-5-14(17)9-12-18(19)20(24-22)25-26-21(27)15-7-10-16(23)11-8-15/h3-12H,13H2,1-2H3,(H,24,25)(H,26,27)/p+1. The Kier molecular flexibility index (Phi) is 4.48. The van der Waals surface area contributed by atoms with Gasteiger partial charge in [0.2, 0.25) is 0 Å². The summed E-state index contributed by atoms with van der Waals surface area (Å²) in [5.41, 5.74) is 8.77. The van der Waals surface area contributed by atoms with Crippen LogP contribution in [0.15, 0.2) is 65.1 Å². The molecule has 0 spiro atoms. The van der Waals surface area contributed by atoms with Crippen molar-refractivity contribution in [2.75, 3.05) is 0 Å². The van der Waals surface area contributed by atoms with Crippen LogP contribution < -0.4 is 15.8 Å². The van der Waals surface area contributed by atoms with E-state index in [4.69, 9.17) is 0 Å². The lowest BCUT2D eigenvalue weighted by atomic mass is 9.85. The molecule has 0 radical (unpaired) electrons. The van der Waals surface area contributed by atoms with Gasteiger partial charge in [-0.2, -0.15) is 10.9 Å². The Hall–Kier alpha value is -2.66. The minimum absolute atomic E-state index is 0.123. The molecule has 5 heteroatoms. The van der Waals surface area contributed by atoms with Crippen LogP contribution in [0.3, 0.4) is 0 Å². The Morgan fingerprint density at radius 1 is 1.04 bits per heavy atom. The Morgan fingerprint density at radius 2 is 1.78 bits per heavy atom. The Labute approximate surface area is 166 Å². The highest BCUT2D eigenvalue weighted by Gasteiger charge is 2.32. The van der Waals surface area contributed by atoms with E-state index in [9.17, 15) is 4.79 Å². The SMILES string of the molecule is CC1(C)Cc2c(ccc3ccccc23)C(NNC(=O)c2ccc(Br)cc2)=[NH+]1. The van der Waals surface area contributed by atoms with Crippen LogP contribution in [0.5, 0.6) is 0 Å². The summed E-state index contributed by atoms with van der Waals surface area (Å²) >= 11 is 3.38. The van der Waals surface area contributed by atoms with E-state index in [1.807, 2.05) is 12.1 Å². The molecule has 136 valence electrons. The number of carbonyl (C=O) groups excluding carboxylic acids is 1. The number of fused-ring (bicyclic) bond motifs is 3. The summed E-state index contributed by atoms with van der Waals surface area (Å²) < 4.78 is 0.942. The molecule has 3 aromatic carbocycles. The zero-order valence-corrected chi connectivity index (χ0v) is 16.9. The quantitative estimate of drug-likeness (QED) is 0.528. The maximum absolute atomic E-state index is 12.5. The summed E-state index contributed by atoms with van der Waals surface area (Å²) in [7, 11) is 0. The lowest BCUT2D eigenvalue weighted by molar-refractivity contribution is -0.547. The van der Waals surface area contributed by atoms with Crippen molar-refractivity contribution in [1.29, 1.82) is 0 Å². The van der Waals surface area contributed by atoms with Gasteiger partial charge in [0.25, 0.3) is 11.7 Å². The Morgan fingerprint density at radius 3 is 2.56 bits per heavy atom. The Bertz CT molecular complexity index is 1050. The third-order valence-corrected chi connectivity index (χ3v) is 5.33. The molecule has 0 bridgehead atoms. The first-order chi connectivity index (χ1) is 12.9. The average Bonchev–Trinajstić information content (AvgIpc) is 2.65. The van der Waals surface area contributed by atoms with E-state index in [2.05, 4.69) is 82.0 Å². The molecular formula is C22H21BrN3O+. The minimum Gasteiger partial charge on any atom is -0.267 e. The maximum Gasteiger partial charge on any atom is 0.299 e. The largest absolute Gasteiger partial charge is 0.299 e. The molecule has 4 nitrogen and oxygen atoms in total.